The molecular formula is C20H26ClN3O5. The van der Waals surface area contributed by atoms with Crippen LogP contribution < -0.4 is 10.6 Å². The lowest BCUT2D eigenvalue weighted by Gasteiger charge is -2.22. The van der Waals surface area contributed by atoms with Crippen LogP contribution in [-0.2, 0) is 19.1 Å². The van der Waals surface area contributed by atoms with Crippen molar-refractivity contribution in [2.75, 3.05) is 11.9 Å². The van der Waals surface area contributed by atoms with Crippen LogP contribution >= 0.6 is 11.6 Å². The van der Waals surface area contributed by atoms with Crippen LogP contribution in [0.15, 0.2) is 24.3 Å². The number of carbonyl (C=O) groups is 4. The van der Waals surface area contributed by atoms with Gasteiger partial charge in [0, 0.05) is 10.7 Å². The van der Waals surface area contributed by atoms with Gasteiger partial charge in [0.15, 0.2) is 6.10 Å². The van der Waals surface area contributed by atoms with E-state index in [1.807, 2.05) is 13.8 Å². The molecule has 2 atom stereocenters. The summed E-state index contributed by atoms with van der Waals surface area (Å²) >= 11 is 5.87. The highest BCUT2D eigenvalue weighted by molar-refractivity contribution is 6.30. The molecule has 1 aliphatic rings. The van der Waals surface area contributed by atoms with Gasteiger partial charge < -0.3 is 15.4 Å². The van der Waals surface area contributed by atoms with Crippen LogP contribution in [0.5, 0.6) is 0 Å². The Morgan fingerprint density at radius 1 is 1.28 bits per heavy atom. The minimum Gasteiger partial charge on any atom is -0.451 e. The predicted octanol–water partition coefficient (Wildman–Crippen LogP) is 2.96. The molecule has 29 heavy (non-hydrogen) atoms. The number of anilines is 1. The molecule has 158 valence electrons. The Kier molecular flexibility index (Phi) is 7.24. The van der Waals surface area contributed by atoms with Crippen LogP contribution in [0.1, 0.15) is 40.5 Å². The van der Waals surface area contributed by atoms with Crippen molar-refractivity contribution in [2.24, 2.45) is 5.92 Å². The average Bonchev–Trinajstić information content (AvgIpc) is 2.83. The van der Waals surface area contributed by atoms with E-state index in [1.165, 1.54) is 6.92 Å². The molecule has 0 aromatic heterocycles. The second kappa shape index (κ2) is 9.26. The Morgan fingerprint density at radius 2 is 1.97 bits per heavy atom. The van der Waals surface area contributed by atoms with Crippen molar-refractivity contribution in [1.29, 1.82) is 0 Å². The van der Waals surface area contributed by atoms with Gasteiger partial charge in [-0.25, -0.2) is 4.79 Å². The zero-order valence-electron chi connectivity index (χ0n) is 17.0. The summed E-state index contributed by atoms with van der Waals surface area (Å²) in [6, 6.07) is 5.88. The summed E-state index contributed by atoms with van der Waals surface area (Å²) in [5, 5.41) is 5.67. The number of imide groups is 1. The number of nitrogens with one attached hydrogen (secondary N) is 2. The molecule has 0 bridgehead atoms. The zero-order valence-corrected chi connectivity index (χ0v) is 17.7. The summed E-state index contributed by atoms with van der Waals surface area (Å²) < 4.78 is 5.08. The van der Waals surface area contributed by atoms with Crippen molar-refractivity contribution < 1.29 is 23.9 Å². The average molecular weight is 424 g/mol. The van der Waals surface area contributed by atoms with Crippen molar-refractivity contribution in [2.45, 2.75) is 52.2 Å². The summed E-state index contributed by atoms with van der Waals surface area (Å²) in [5.41, 5.74) is -0.586. The van der Waals surface area contributed by atoms with E-state index >= 15 is 0 Å². The smallest absolute Gasteiger partial charge is 0.327 e. The Hall–Kier alpha value is -2.61. The summed E-state index contributed by atoms with van der Waals surface area (Å²) in [6.45, 7) is 6.53. The van der Waals surface area contributed by atoms with Crippen LogP contribution in [0, 0.1) is 5.92 Å². The first kappa shape index (κ1) is 22.7. The van der Waals surface area contributed by atoms with Gasteiger partial charge in [-0.3, -0.25) is 19.3 Å². The molecule has 0 unspecified atom stereocenters. The Balaban J connectivity index is 1.91. The van der Waals surface area contributed by atoms with Gasteiger partial charge in [0.05, 0.1) is 0 Å². The zero-order chi connectivity index (χ0) is 21.8. The molecule has 0 spiro atoms. The van der Waals surface area contributed by atoms with Crippen LogP contribution in [-0.4, -0.2) is 46.9 Å². The molecule has 8 nitrogen and oxygen atoms in total. The van der Waals surface area contributed by atoms with E-state index < -0.39 is 42.0 Å². The number of hydrogen-bond acceptors (Lipinski definition) is 5. The van der Waals surface area contributed by atoms with Crippen molar-refractivity contribution in [3.63, 3.8) is 0 Å². The fourth-order valence-corrected chi connectivity index (χ4v) is 3.05. The second-order valence-corrected chi connectivity index (χ2v) is 8.15. The number of rotatable bonds is 8. The fourth-order valence-electron chi connectivity index (χ4n) is 2.86. The maximum atomic E-state index is 12.6. The molecule has 0 radical (unpaired) electrons. The maximum absolute atomic E-state index is 12.6. The minimum absolute atomic E-state index is 0.370. The van der Waals surface area contributed by atoms with E-state index in [9.17, 15) is 19.2 Å². The molecule has 2 N–H and O–H groups in total. The monoisotopic (exact) mass is 423 g/mol. The molecule has 2 rings (SSSR count). The van der Waals surface area contributed by atoms with Crippen LogP contribution in [0.2, 0.25) is 5.02 Å². The molecule has 1 aliphatic heterocycles. The molecule has 0 aliphatic carbocycles. The quantitative estimate of drug-likeness (QED) is 0.494. The molecule has 1 fully saturated rings. The first-order valence-electron chi connectivity index (χ1n) is 9.42. The molecular weight excluding hydrogens is 398 g/mol. The van der Waals surface area contributed by atoms with Gasteiger partial charge in [-0.15, -0.1) is 0 Å². The first-order chi connectivity index (χ1) is 13.5. The van der Waals surface area contributed by atoms with E-state index in [4.69, 9.17) is 16.3 Å². The molecule has 9 heteroatoms. The number of nitrogens with zero attached hydrogens (tertiary/aromatic N) is 1. The van der Waals surface area contributed by atoms with E-state index in [-0.39, 0.29) is 0 Å². The normalized spacial score (nSPS) is 19.9. The summed E-state index contributed by atoms with van der Waals surface area (Å²) in [7, 11) is 0. The minimum atomic E-state index is -1.12. The Labute approximate surface area is 174 Å². The number of hydrogen-bond donors (Lipinski definition) is 2. The number of urea groups is 1. The number of ether oxygens (including phenoxy) is 1. The van der Waals surface area contributed by atoms with Crippen molar-refractivity contribution in [1.82, 2.24) is 10.2 Å². The lowest BCUT2D eigenvalue weighted by atomic mass is 9.92. The standard InChI is InChI=1S/C20H26ClN3O5/c1-12(2)8-9-20(4)18(27)24(19(28)23-20)11-16(25)29-13(3)17(26)22-15-7-5-6-14(21)10-15/h5-7,10,12-13H,8-9,11H2,1-4H3,(H,22,26)(H,23,28)/t13-,20-/m0/s1. The van der Waals surface area contributed by atoms with Gasteiger partial charge in [0.1, 0.15) is 12.1 Å². The highest BCUT2D eigenvalue weighted by Crippen LogP contribution is 2.24. The van der Waals surface area contributed by atoms with Crippen LogP contribution in [0.25, 0.3) is 0 Å². The number of amides is 4. The SMILES string of the molecule is CC(C)CC[C@]1(C)NC(=O)N(CC(=O)O[C@@H](C)C(=O)Nc2cccc(Cl)c2)C1=O. The van der Waals surface area contributed by atoms with Crippen LogP contribution in [0.4, 0.5) is 10.5 Å². The van der Waals surface area contributed by atoms with Gasteiger partial charge in [0.25, 0.3) is 11.8 Å². The van der Waals surface area contributed by atoms with Gasteiger partial charge in [-0.05, 0) is 50.8 Å². The maximum Gasteiger partial charge on any atom is 0.327 e. The lowest BCUT2D eigenvalue weighted by molar-refractivity contribution is -0.155. The van der Waals surface area contributed by atoms with Crippen LogP contribution in [0.3, 0.4) is 0 Å². The number of benzene rings is 1. The van der Waals surface area contributed by atoms with E-state index in [0.29, 0.717) is 23.0 Å². The van der Waals surface area contributed by atoms with E-state index in [2.05, 4.69) is 10.6 Å². The highest BCUT2D eigenvalue weighted by Gasteiger charge is 2.48. The van der Waals surface area contributed by atoms with E-state index in [0.717, 1.165) is 11.3 Å². The third-order valence-corrected chi connectivity index (χ3v) is 4.86. The first-order valence-corrected chi connectivity index (χ1v) is 9.79. The molecule has 1 aromatic carbocycles. The summed E-state index contributed by atoms with van der Waals surface area (Å²) in [6.07, 6.45) is 0.107. The predicted molar refractivity (Wildman–Crippen MR) is 108 cm³/mol. The van der Waals surface area contributed by atoms with Gasteiger partial charge >= 0.3 is 12.0 Å². The highest BCUT2D eigenvalue weighted by atomic mass is 35.5. The largest absolute Gasteiger partial charge is 0.451 e. The van der Waals surface area contributed by atoms with Gasteiger partial charge in [0.2, 0.25) is 0 Å². The third-order valence-electron chi connectivity index (χ3n) is 4.62. The molecule has 1 heterocycles. The van der Waals surface area contributed by atoms with Gasteiger partial charge in [-0.2, -0.15) is 0 Å². The van der Waals surface area contributed by atoms with Gasteiger partial charge in [-0.1, -0.05) is 31.5 Å². The van der Waals surface area contributed by atoms with Crippen molar-refractivity contribution in [3.05, 3.63) is 29.3 Å². The Morgan fingerprint density at radius 3 is 2.59 bits per heavy atom. The molecule has 4 amide bonds. The third kappa shape index (κ3) is 5.93. The Bertz CT molecular complexity index is 813. The summed E-state index contributed by atoms with van der Waals surface area (Å²) in [4.78, 5) is 50.0. The topological polar surface area (TPSA) is 105 Å². The lowest BCUT2D eigenvalue weighted by Crippen LogP contribution is -2.44. The number of halogens is 1. The number of esters is 1. The van der Waals surface area contributed by atoms with Crippen molar-refractivity contribution >= 4 is 41.1 Å². The van der Waals surface area contributed by atoms with E-state index in [1.54, 1.807) is 31.2 Å². The van der Waals surface area contributed by atoms with Crippen molar-refractivity contribution in [3.8, 4) is 0 Å². The fraction of sp³-hybridized carbons (Fsp3) is 0.500. The number of carbonyl (C=O) groups excluding carboxylic acids is 4. The molecule has 0 saturated carbocycles. The summed E-state index contributed by atoms with van der Waals surface area (Å²) in [5.74, 6) is -1.51. The second-order valence-electron chi connectivity index (χ2n) is 7.72. The molecule has 1 saturated heterocycles. The molecule has 1 aromatic rings.